The Kier molecular flexibility index (Phi) is 4.42. The summed E-state index contributed by atoms with van der Waals surface area (Å²) in [7, 11) is -0.486. The molecule has 0 aliphatic carbocycles. The Bertz CT molecular complexity index is 514. The molecule has 0 bridgehead atoms. The second-order valence-electron chi connectivity index (χ2n) is 6.19. The van der Waals surface area contributed by atoms with Crippen LogP contribution in [0, 0.1) is 0 Å². The molecule has 1 amide bonds. The molecule has 1 aliphatic rings. The first-order valence-corrected chi connectivity index (χ1v) is 7.11. The molecule has 1 aliphatic heterocycles. The highest BCUT2D eigenvalue weighted by atomic mass is 16.7. The summed E-state index contributed by atoms with van der Waals surface area (Å²) in [5.41, 5.74) is 0.514. The first-order chi connectivity index (χ1) is 9.77. The molecule has 1 fully saturated rings. The van der Waals surface area contributed by atoms with E-state index in [2.05, 4.69) is 5.32 Å². The summed E-state index contributed by atoms with van der Waals surface area (Å²) >= 11 is 0. The highest BCUT2D eigenvalue weighted by molar-refractivity contribution is 6.62. The molecule has 0 radical (unpaired) electrons. The van der Waals surface area contributed by atoms with E-state index in [1.807, 2.05) is 33.8 Å². The van der Waals surface area contributed by atoms with Crippen molar-refractivity contribution in [3.8, 4) is 0 Å². The molecule has 0 aromatic heterocycles. The van der Waals surface area contributed by atoms with E-state index in [1.165, 1.54) is 0 Å². The third-order valence-corrected chi connectivity index (χ3v) is 4.07. The quantitative estimate of drug-likeness (QED) is 0.802. The fraction of sp³-hybridized carbons (Fsp3) is 0.533. The lowest BCUT2D eigenvalue weighted by atomic mass is 9.78. The van der Waals surface area contributed by atoms with Gasteiger partial charge in [0.15, 0.2) is 0 Å². The lowest BCUT2D eigenvalue weighted by molar-refractivity contribution is 0.00578. The minimum atomic E-state index is -0.486. The predicted octanol–water partition coefficient (Wildman–Crippen LogP) is 0.708. The molecule has 5 nitrogen and oxygen atoms in total. The van der Waals surface area contributed by atoms with Gasteiger partial charge in [-0.3, -0.25) is 4.79 Å². The molecule has 0 unspecified atom stereocenters. The molecule has 1 aromatic carbocycles. The van der Waals surface area contributed by atoms with Crippen molar-refractivity contribution in [1.29, 1.82) is 0 Å². The molecule has 1 heterocycles. The van der Waals surface area contributed by atoms with Gasteiger partial charge in [0.2, 0.25) is 0 Å². The summed E-state index contributed by atoms with van der Waals surface area (Å²) in [4.78, 5) is 11.9. The summed E-state index contributed by atoms with van der Waals surface area (Å²) in [6, 6.07) is 7.16. The van der Waals surface area contributed by atoms with Crippen molar-refractivity contribution in [2.45, 2.75) is 38.9 Å². The first-order valence-electron chi connectivity index (χ1n) is 7.11. The normalized spacial score (nSPS) is 19.6. The Balaban J connectivity index is 2.17. The number of benzene rings is 1. The number of aliphatic hydroxyl groups is 1. The number of hydrogen-bond donors (Lipinski definition) is 2. The standard InChI is InChI=1S/C15H22BNO4/c1-14(2)15(3,4)21-16(20-14)12-7-5-6-11(10-12)13(19)17-8-9-18/h5-7,10,18H,8-9H2,1-4H3,(H,17,19). The second-order valence-corrected chi connectivity index (χ2v) is 6.19. The molecule has 2 rings (SSSR count). The summed E-state index contributed by atoms with van der Waals surface area (Å²) < 4.78 is 11.9. The van der Waals surface area contributed by atoms with Crippen molar-refractivity contribution in [2.75, 3.05) is 13.2 Å². The third kappa shape index (κ3) is 3.28. The SMILES string of the molecule is CC1(C)OB(c2cccc(C(=O)NCCO)c2)OC1(C)C. The van der Waals surface area contributed by atoms with Crippen molar-refractivity contribution < 1.29 is 19.2 Å². The highest BCUT2D eigenvalue weighted by Gasteiger charge is 2.51. The molecule has 1 aromatic rings. The van der Waals surface area contributed by atoms with Gasteiger partial charge in [-0.05, 0) is 45.3 Å². The predicted molar refractivity (Wildman–Crippen MR) is 81.6 cm³/mol. The van der Waals surface area contributed by atoms with Crippen molar-refractivity contribution in [2.24, 2.45) is 0 Å². The van der Waals surface area contributed by atoms with E-state index in [0.717, 1.165) is 5.46 Å². The van der Waals surface area contributed by atoms with E-state index in [4.69, 9.17) is 14.4 Å². The molecule has 6 heteroatoms. The topological polar surface area (TPSA) is 67.8 Å². The lowest BCUT2D eigenvalue weighted by Crippen LogP contribution is -2.41. The molecule has 0 spiro atoms. The summed E-state index contributed by atoms with van der Waals surface area (Å²) in [5, 5.41) is 11.4. The van der Waals surface area contributed by atoms with E-state index in [0.29, 0.717) is 5.56 Å². The van der Waals surface area contributed by atoms with Crippen LogP contribution in [0.3, 0.4) is 0 Å². The highest BCUT2D eigenvalue weighted by Crippen LogP contribution is 2.36. The van der Waals surface area contributed by atoms with Gasteiger partial charge in [0, 0.05) is 12.1 Å². The van der Waals surface area contributed by atoms with Gasteiger partial charge in [-0.25, -0.2) is 0 Å². The number of carbonyl (C=O) groups excluding carboxylic acids is 1. The zero-order valence-electron chi connectivity index (χ0n) is 13.0. The Morgan fingerprint density at radius 1 is 1.24 bits per heavy atom. The van der Waals surface area contributed by atoms with E-state index < -0.39 is 18.3 Å². The van der Waals surface area contributed by atoms with Crippen molar-refractivity contribution in [3.05, 3.63) is 29.8 Å². The minimum absolute atomic E-state index is 0.0807. The minimum Gasteiger partial charge on any atom is -0.399 e. The average molecular weight is 291 g/mol. The van der Waals surface area contributed by atoms with E-state index in [1.54, 1.807) is 18.2 Å². The zero-order chi connectivity index (χ0) is 15.7. The van der Waals surface area contributed by atoms with Gasteiger partial charge in [0.25, 0.3) is 5.91 Å². The van der Waals surface area contributed by atoms with Crippen LogP contribution in [0.2, 0.25) is 0 Å². The molecule has 0 atom stereocenters. The van der Waals surface area contributed by atoms with Crippen LogP contribution in [-0.2, 0) is 9.31 Å². The molecular formula is C15H22BNO4. The number of aliphatic hydroxyl groups excluding tert-OH is 1. The van der Waals surface area contributed by atoms with Crippen molar-refractivity contribution in [1.82, 2.24) is 5.32 Å². The fourth-order valence-electron chi connectivity index (χ4n) is 2.08. The Hall–Kier alpha value is -1.37. The van der Waals surface area contributed by atoms with Crippen LogP contribution in [0.1, 0.15) is 38.1 Å². The molecule has 21 heavy (non-hydrogen) atoms. The van der Waals surface area contributed by atoms with Gasteiger partial charge >= 0.3 is 7.12 Å². The molecule has 2 N–H and O–H groups in total. The Morgan fingerprint density at radius 3 is 2.43 bits per heavy atom. The van der Waals surface area contributed by atoms with Crippen LogP contribution in [0.25, 0.3) is 0 Å². The van der Waals surface area contributed by atoms with Crippen LogP contribution in [0.4, 0.5) is 0 Å². The van der Waals surface area contributed by atoms with Crippen LogP contribution in [0.5, 0.6) is 0 Å². The molecule has 0 saturated carbocycles. The Morgan fingerprint density at radius 2 is 1.86 bits per heavy atom. The first kappa shape index (κ1) is 16.0. The maximum absolute atomic E-state index is 11.9. The monoisotopic (exact) mass is 291 g/mol. The smallest absolute Gasteiger partial charge is 0.399 e. The van der Waals surface area contributed by atoms with Crippen LogP contribution in [-0.4, -0.2) is 42.5 Å². The van der Waals surface area contributed by atoms with Gasteiger partial charge < -0.3 is 19.7 Å². The number of nitrogens with one attached hydrogen (secondary N) is 1. The van der Waals surface area contributed by atoms with Gasteiger partial charge in [-0.15, -0.1) is 0 Å². The number of rotatable bonds is 4. The van der Waals surface area contributed by atoms with Gasteiger partial charge in [0.05, 0.1) is 17.8 Å². The van der Waals surface area contributed by atoms with Gasteiger partial charge in [-0.2, -0.15) is 0 Å². The summed E-state index contributed by atoms with van der Waals surface area (Å²) in [6.07, 6.45) is 0. The Labute approximate surface area is 125 Å². The summed E-state index contributed by atoms with van der Waals surface area (Å²) in [6.45, 7) is 8.12. The lowest BCUT2D eigenvalue weighted by Gasteiger charge is -2.32. The van der Waals surface area contributed by atoms with E-state index in [-0.39, 0.29) is 19.1 Å². The molecule has 114 valence electrons. The summed E-state index contributed by atoms with van der Waals surface area (Å²) in [5.74, 6) is -0.220. The molecule has 1 saturated heterocycles. The van der Waals surface area contributed by atoms with E-state index in [9.17, 15) is 4.79 Å². The van der Waals surface area contributed by atoms with Crippen molar-refractivity contribution >= 4 is 18.5 Å². The maximum atomic E-state index is 11.9. The van der Waals surface area contributed by atoms with Gasteiger partial charge in [-0.1, -0.05) is 12.1 Å². The second kappa shape index (κ2) is 5.79. The van der Waals surface area contributed by atoms with Crippen LogP contribution in [0.15, 0.2) is 24.3 Å². The number of hydrogen-bond acceptors (Lipinski definition) is 4. The van der Waals surface area contributed by atoms with Crippen LogP contribution >= 0.6 is 0 Å². The van der Waals surface area contributed by atoms with Gasteiger partial charge in [0.1, 0.15) is 0 Å². The van der Waals surface area contributed by atoms with Crippen LogP contribution < -0.4 is 10.8 Å². The van der Waals surface area contributed by atoms with E-state index >= 15 is 0 Å². The zero-order valence-corrected chi connectivity index (χ0v) is 13.0. The maximum Gasteiger partial charge on any atom is 0.494 e. The average Bonchev–Trinajstić information content (AvgIpc) is 2.65. The largest absolute Gasteiger partial charge is 0.494 e. The van der Waals surface area contributed by atoms with Crippen molar-refractivity contribution in [3.63, 3.8) is 0 Å². The fourth-order valence-corrected chi connectivity index (χ4v) is 2.08. The third-order valence-electron chi connectivity index (χ3n) is 4.07. The number of carbonyl (C=O) groups is 1. The molecular weight excluding hydrogens is 269 g/mol. The number of amides is 1.